The highest BCUT2D eigenvalue weighted by Gasteiger charge is 2.37. The molecule has 1 unspecified atom stereocenters. The lowest BCUT2D eigenvalue weighted by Crippen LogP contribution is -2.48. The van der Waals surface area contributed by atoms with Gasteiger partial charge in [0, 0.05) is 38.1 Å². The first-order valence-electron chi connectivity index (χ1n) is 7.76. The Morgan fingerprint density at radius 3 is 2.88 bits per heavy atom. The molecule has 0 aliphatic carbocycles. The molecule has 8 nitrogen and oxygen atoms in total. The number of hydrogen-bond donors (Lipinski definition) is 1. The molecule has 0 amide bonds. The Morgan fingerprint density at radius 1 is 1.46 bits per heavy atom. The van der Waals surface area contributed by atoms with E-state index in [0.717, 1.165) is 5.56 Å². The highest BCUT2D eigenvalue weighted by atomic mass is 35.5. The number of sulfonamides is 1. The normalized spacial score (nSPS) is 18.2. The van der Waals surface area contributed by atoms with Gasteiger partial charge in [-0.3, -0.25) is 4.98 Å². The van der Waals surface area contributed by atoms with E-state index in [-0.39, 0.29) is 35.4 Å². The molecule has 1 atom stereocenters. The lowest BCUT2D eigenvalue weighted by atomic mass is 10.1. The van der Waals surface area contributed by atoms with Crippen molar-refractivity contribution in [2.45, 2.75) is 18.1 Å². The van der Waals surface area contributed by atoms with Gasteiger partial charge in [-0.1, -0.05) is 6.07 Å². The standard InChI is InChI=1S/C16H19N3O5S.ClH/c1-11-13(16(20)23-2)8-15(24-11)25(21,22)19-7-6-18-10-14(19)12-4-3-5-17-9-12;/h3-5,8-9,14,18H,6-7,10H2,1-2H3;1H. The van der Waals surface area contributed by atoms with Gasteiger partial charge in [-0.2, -0.15) is 4.31 Å². The second-order valence-electron chi connectivity index (χ2n) is 5.65. The lowest BCUT2D eigenvalue weighted by molar-refractivity contribution is 0.0598. The number of halogens is 1. The summed E-state index contributed by atoms with van der Waals surface area (Å²) in [6.07, 6.45) is 3.28. The summed E-state index contributed by atoms with van der Waals surface area (Å²) in [6, 6.07) is 4.42. The molecule has 1 aliphatic rings. The maximum absolute atomic E-state index is 13.1. The van der Waals surface area contributed by atoms with Gasteiger partial charge in [0.05, 0.1) is 13.2 Å². The van der Waals surface area contributed by atoms with Gasteiger partial charge in [-0.15, -0.1) is 12.4 Å². The van der Waals surface area contributed by atoms with E-state index in [4.69, 9.17) is 4.42 Å². The highest BCUT2D eigenvalue weighted by molar-refractivity contribution is 7.89. The van der Waals surface area contributed by atoms with Gasteiger partial charge in [0.1, 0.15) is 11.3 Å². The summed E-state index contributed by atoms with van der Waals surface area (Å²) < 4.78 is 37.6. The van der Waals surface area contributed by atoms with Crippen LogP contribution in [0.5, 0.6) is 0 Å². The first kappa shape index (κ1) is 20.4. The number of furan rings is 1. The molecule has 0 spiro atoms. The van der Waals surface area contributed by atoms with Crippen LogP contribution in [0, 0.1) is 6.92 Å². The van der Waals surface area contributed by atoms with Crippen molar-refractivity contribution in [1.29, 1.82) is 0 Å². The lowest BCUT2D eigenvalue weighted by Gasteiger charge is -2.34. The van der Waals surface area contributed by atoms with Gasteiger partial charge in [0.15, 0.2) is 0 Å². The molecule has 3 rings (SSSR count). The Labute approximate surface area is 158 Å². The minimum absolute atomic E-state index is 0. The Balaban J connectivity index is 0.00000243. The molecule has 3 heterocycles. The van der Waals surface area contributed by atoms with E-state index in [9.17, 15) is 13.2 Å². The number of pyridine rings is 1. The van der Waals surface area contributed by atoms with Crippen molar-refractivity contribution < 1.29 is 22.4 Å². The first-order chi connectivity index (χ1) is 11.9. The van der Waals surface area contributed by atoms with E-state index in [2.05, 4.69) is 15.0 Å². The summed E-state index contributed by atoms with van der Waals surface area (Å²) in [5.74, 6) is -0.426. The molecule has 2 aromatic heterocycles. The molecule has 0 bridgehead atoms. The molecule has 1 fully saturated rings. The Kier molecular flexibility index (Phi) is 6.40. The summed E-state index contributed by atoms with van der Waals surface area (Å²) in [6.45, 7) is 2.81. The average molecular weight is 402 g/mol. The first-order valence-corrected chi connectivity index (χ1v) is 9.20. The van der Waals surface area contributed by atoms with Gasteiger partial charge in [0.2, 0.25) is 5.09 Å². The van der Waals surface area contributed by atoms with Crippen LogP contribution in [0.25, 0.3) is 0 Å². The Bertz CT molecular complexity index is 869. The third-order valence-corrected chi connectivity index (χ3v) is 5.89. The van der Waals surface area contributed by atoms with Crippen molar-refractivity contribution in [2.24, 2.45) is 0 Å². The molecule has 0 aromatic carbocycles. The third-order valence-electron chi connectivity index (χ3n) is 4.13. The zero-order valence-corrected chi connectivity index (χ0v) is 16.0. The zero-order valence-electron chi connectivity index (χ0n) is 14.3. The van der Waals surface area contributed by atoms with Crippen LogP contribution in [0.3, 0.4) is 0 Å². The molecule has 26 heavy (non-hydrogen) atoms. The van der Waals surface area contributed by atoms with Crippen LogP contribution in [0.15, 0.2) is 40.1 Å². The summed E-state index contributed by atoms with van der Waals surface area (Å²) >= 11 is 0. The second-order valence-corrected chi connectivity index (χ2v) is 7.47. The van der Waals surface area contributed by atoms with Crippen LogP contribution in [0.4, 0.5) is 0 Å². The average Bonchev–Trinajstić information content (AvgIpc) is 3.04. The van der Waals surface area contributed by atoms with E-state index >= 15 is 0 Å². The summed E-state index contributed by atoms with van der Waals surface area (Å²) in [5, 5.41) is 2.93. The van der Waals surface area contributed by atoms with Crippen molar-refractivity contribution in [2.75, 3.05) is 26.7 Å². The van der Waals surface area contributed by atoms with Crippen molar-refractivity contribution in [3.8, 4) is 0 Å². The van der Waals surface area contributed by atoms with Crippen LogP contribution < -0.4 is 5.32 Å². The maximum atomic E-state index is 13.1. The van der Waals surface area contributed by atoms with Crippen LogP contribution in [-0.2, 0) is 14.8 Å². The topological polar surface area (TPSA) is 102 Å². The van der Waals surface area contributed by atoms with Crippen molar-refractivity contribution in [3.05, 3.63) is 47.5 Å². The number of ether oxygens (including phenoxy) is 1. The molecule has 1 aliphatic heterocycles. The monoisotopic (exact) mass is 401 g/mol. The largest absolute Gasteiger partial charge is 0.465 e. The number of hydrogen-bond acceptors (Lipinski definition) is 7. The van der Waals surface area contributed by atoms with E-state index in [0.29, 0.717) is 13.1 Å². The molecule has 2 aromatic rings. The number of carbonyl (C=O) groups is 1. The number of nitrogens with zero attached hydrogens (tertiary/aromatic N) is 2. The van der Waals surface area contributed by atoms with Crippen LogP contribution in [0.1, 0.15) is 27.7 Å². The fraction of sp³-hybridized carbons (Fsp3) is 0.375. The number of carbonyl (C=O) groups excluding carboxylic acids is 1. The van der Waals surface area contributed by atoms with Crippen LogP contribution in [0.2, 0.25) is 0 Å². The molecular weight excluding hydrogens is 382 g/mol. The molecule has 142 valence electrons. The number of rotatable bonds is 4. The quantitative estimate of drug-likeness (QED) is 0.775. The fourth-order valence-corrected chi connectivity index (χ4v) is 4.43. The number of nitrogens with one attached hydrogen (secondary N) is 1. The van der Waals surface area contributed by atoms with Gasteiger partial charge < -0.3 is 14.5 Å². The minimum atomic E-state index is -3.91. The summed E-state index contributed by atoms with van der Waals surface area (Å²) in [5.41, 5.74) is 0.892. The molecule has 1 N–H and O–H groups in total. The van der Waals surface area contributed by atoms with Gasteiger partial charge in [0.25, 0.3) is 10.0 Å². The predicted octanol–water partition coefficient (Wildman–Crippen LogP) is 1.53. The number of esters is 1. The maximum Gasteiger partial charge on any atom is 0.341 e. The van der Waals surface area contributed by atoms with E-state index < -0.39 is 22.0 Å². The molecule has 0 saturated carbocycles. The molecule has 1 saturated heterocycles. The zero-order chi connectivity index (χ0) is 18.0. The summed E-state index contributed by atoms with van der Waals surface area (Å²) in [4.78, 5) is 15.8. The number of piperazine rings is 1. The minimum Gasteiger partial charge on any atom is -0.465 e. The SMILES string of the molecule is COC(=O)c1cc(S(=O)(=O)N2CCNCC2c2cccnc2)oc1C.Cl. The highest BCUT2D eigenvalue weighted by Crippen LogP contribution is 2.30. The summed E-state index contributed by atoms with van der Waals surface area (Å²) in [7, 11) is -2.68. The fourth-order valence-electron chi connectivity index (χ4n) is 2.84. The van der Waals surface area contributed by atoms with Crippen molar-refractivity contribution >= 4 is 28.4 Å². The van der Waals surface area contributed by atoms with E-state index in [1.54, 1.807) is 18.5 Å². The number of aryl methyl sites for hydroxylation is 1. The molecule has 10 heteroatoms. The smallest absolute Gasteiger partial charge is 0.341 e. The predicted molar refractivity (Wildman–Crippen MR) is 95.8 cm³/mol. The van der Waals surface area contributed by atoms with Crippen LogP contribution >= 0.6 is 12.4 Å². The molecular formula is C16H20ClN3O5S. The van der Waals surface area contributed by atoms with Gasteiger partial charge in [-0.05, 0) is 18.6 Å². The number of aromatic nitrogens is 1. The Morgan fingerprint density at radius 2 is 2.23 bits per heavy atom. The van der Waals surface area contributed by atoms with Gasteiger partial charge in [-0.25, -0.2) is 13.2 Å². The third kappa shape index (κ3) is 3.75. The van der Waals surface area contributed by atoms with Crippen molar-refractivity contribution in [1.82, 2.24) is 14.6 Å². The van der Waals surface area contributed by atoms with Crippen molar-refractivity contribution in [3.63, 3.8) is 0 Å². The molecule has 0 radical (unpaired) electrons. The van der Waals surface area contributed by atoms with E-state index in [1.807, 2.05) is 6.07 Å². The van der Waals surface area contributed by atoms with E-state index in [1.165, 1.54) is 24.4 Å². The Hall–Kier alpha value is -1.94. The van der Waals surface area contributed by atoms with Gasteiger partial charge >= 0.3 is 5.97 Å². The number of methoxy groups -OCH3 is 1. The van der Waals surface area contributed by atoms with Crippen LogP contribution in [-0.4, -0.2) is 50.4 Å². The second kappa shape index (κ2) is 8.17.